The van der Waals surface area contributed by atoms with Crippen molar-refractivity contribution < 1.29 is 22.8 Å². The van der Waals surface area contributed by atoms with Gasteiger partial charge in [-0.15, -0.1) is 0 Å². The van der Waals surface area contributed by atoms with Crippen LogP contribution in [0.25, 0.3) is 0 Å². The lowest BCUT2D eigenvalue weighted by Crippen LogP contribution is -2.49. The molecule has 0 unspecified atom stereocenters. The molecule has 0 radical (unpaired) electrons. The Balaban J connectivity index is 1.65. The van der Waals surface area contributed by atoms with E-state index in [9.17, 15) is 22.8 Å². The maximum atomic E-state index is 12.9. The van der Waals surface area contributed by atoms with Gasteiger partial charge in [0, 0.05) is 24.2 Å². The number of carbonyl (C=O) groups is 3. The number of hydrogen-bond acceptors (Lipinski definition) is 5. The molecule has 1 atom stereocenters. The molecule has 152 valence electrons. The van der Waals surface area contributed by atoms with Crippen LogP contribution in [0.15, 0.2) is 29.2 Å². The van der Waals surface area contributed by atoms with E-state index in [-0.39, 0.29) is 22.5 Å². The second-order valence-corrected chi connectivity index (χ2v) is 9.03. The number of hydrogen-bond donors (Lipinski definition) is 3. The van der Waals surface area contributed by atoms with Crippen molar-refractivity contribution in [2.75, 3.05) is 6.54 Å². The van der Waals surface area contributed by atoms with Crippen molar-refractivity contribution in [1.82, 2.24) is 20.5 Å². The summed E-state index contributed by atoms with van der Waals surface area (Å²) in [5.41, 5.74) is 4.23. The summed E-state index contributed by atoms with van der Waals surface area (Å²) in [6.07, 6.45) is 4.27. The van der Waals surface area contributed by atoms with Gasteiger partial charge in [-0.1, -0.05) is 12.5 Å². The first-order valence-corrected chi connectivity index (χ1v) is 10.8. The zero-order valence-electron chi connectivity index (χ0n) is 15.6. The Labute approximate surface area is 163 Å². The van der Waals surface area contributed by atoms with Gasteiger partial charge in [0.25, 0.3) is 5.91 Å². The van der Waals surface area contributed by atoms with Crippen LogP contribution in [0.4, 0.5) is 0 Å². The molecule has 2 aliphatic rings. The number of rotatable bonds is 4. The molecule has 1 saturated carbocycles. The average Bonchev–Trinajstić information content (AvgIpc) is 3.50. The summed E-state index contributed by atoms with van der Waals surface area (Å²) >= 11 is 0. The Morgan fingerprint density at radius 1 is 1.04 bits per heavy atom. The second kappa shape index (κ2) is 8.27. The van der Waals surface area contributed by atoms with Gasteiger partial charge < -0.3 is 5.32 Å². The number of benzene rings is 1. The second-order valence-electron chi connectivity index (χ2n) is 7.14. The van der Waals surface area contributed by atoms with Crippen LogP contribution in [-0.2, 0) is 19.6 Å². The predicted molar refractivity (Wildman–Crippen MR) is 100 cm³/mol. The highest BCUT2D eigenvalue weighted by Gasteiger charge is 2.31. The molecule has 2 fully saturated rings. The molecule has 3 rings (SSSR count). The largest absolute Gasteiger partial charge is 0.345 e. The SMILES string of the molecule is C[C@H]1CCCCN1S(=O)(=O)c1cccc(C(=O)NNC(=O)C(=O)NC2CC2)c1. The zero-order valence-corrected chi connectivity index (χ0v) is 16.4. The molecule has 1 saturated heterocycles. The Morgan fingerprint density at radius 3 is 2.46 bits per heavy atom. The molecule has 10 heteroatoms. The molecule has 3 amide bonds. The van der Waals surface area contributed by atoms with Crippen LogP contribution in [-0.4, -0.2) is 49.1 Å². The van der Waals surface area contributed by atoms with E-state index in [1.165, 1.54) is 28.6 Å². The van der Waals surface area contributed by atoms with E-state index in [1.54, 1.807) is 0 Å². The van der Waals surface area contributed by atoms with Gasteiger partial charge in [0.2, 0.25) is 10.0 Å². The third-order valence-corrected chi connectivity index (χ3v) is 6.86. The van der Waals surface area contributed by atoms with E-state index in [1.807, 2.05) is 12.3 Å². The first-order chi connectivity index (χ1) is 13.3. The highest BCUT2D eigenvalue weighted by Crippen LogP contribution is 2.25. The molecule has 1 aliphatic heterocycles. The molecule has 0 aromatic heterocycles. The lowest BCUT2D eigenvalue weighted by molar-refractivity contribution is -0.139. The number of carbonyl (C=O) groups excluding carboxylic acids is 3. The average molecular weight is 408 g/mol. The van der Waals surface area contributed by atoms with Crippen LogP contribution in [0.5, 0.6) is 0 Å². The monoisotopic (exact) mass is 408 g/mol. The summed E-state index contributed by atoms with van der Waals surface area (Å²) in [7, 11) is -3.72. The van der Waals surface area contributed by atoms with Gasteiger partial charge in [-0.25, -0.2) is 8.42 Å². The standard InChI is InChI=1S/C18H24N4O5S/c1-12-5-2-3-10-22(12)28(26,27)15-7-4-6-13(11-15)16(23)20-21-18(25)17(24)19-14-8-9-14/h4,6-7,11-12,14H,2-3,5,8-10H2,1H3,(H,19,24)(H,20,23)(H,21,25)/t12-/m0/s1. The Kier molecular flexibility index (Phi) is 5.99. The Hall–Kier alpha value is -2.46. The van der Waals surface area contributed by atoms with Gasteiger partial charge >= 0.3 is 11.8 Å². The fraction of sp³-hybridized carbons (Fsp3) is 0.500. The molecule has 3 N–H and O–H groups in total. The highest BCUT2D eigenvalue weighted by atomic mass is 32.2. The number of nitrogens with zero attached hydrogens (tertiary/aromatic N) is 1. The minimum absolute atomic E-state index is 0.0201. The highest BCUT2D eigenvalue weighted by molar-refractivity contribution is 7.89. The molecular weight excluding hydrogens is 384 g/mol. The lowest BCUT2D eigenvalue weighted by atomic mass is 10.1. The van der Waals surface area contributed by atoms with E-state index in [4.69, 9.17) is 0 Å². The normalized spacial score (nSPS) is 20.2. The molecule has 1 aromatic carbocycles. The van der Waals surface area contributed by atoms with Crippen LogP contribution >= 0.6 is 0 Å². The van der Waals surface area contributed by atoms with Crippen molar-refractivity contribution >= 4 is 27.7 Å². The van der Waals surface area contributed by atoms with Crippen LogP contribution in [0.2, 0.25) is 0 Å². The van der Waals surface area contributed by atoms with Gasteiger partial charge in [0.05, 0.1) is 4.90 Å². The molecule has 1 aliphatic carbocycles. The van der Waals surface area contributed by atoms with Crippen LogP contribution < -0.4 is 16.2 Å². The molecule has 1 aromatic rings. The van der Waals surface area contributed by atoms with Crippen molar-refractivity contribution in [3.05, 3.63) is 29.8 Å². The maximum Gasteiger partial charge on any atom is 0.327 e. The summed E-state index contributed by atoms with van der Waals surface area (Å²) in [5, 5.41) is 2.50. The van der Waals surface area contributed by atoms with Gasteiger partial charge in [0.15, 0.2) is 0 Å². The molecule has 28 heavy (non-hydrogen) atoms. The first kappa shape index (κ1) is 20.3. The van der Waals surface area contributed by atoms with Crippen LogP contribution in [0, 0.1) is 0 Å². The van der Waals surface area contributed by atoms with Crippen LogP contribution in [0.3, 0.4) is 0 Å². The molecule has 1 heterocycles. The maximum absolute atomic E-state index is 12.9. The van der Waals surface area contributed by atoms with Gasteiger partial charge in [-0.05, 0) is 50.8 Å². The van der Waals surface area contributed by atoms with Crippen LogP contribution in [0.1, 0.15) is 49.4 Å². The number of piperidine rings is 1. The lowest BCUT2D eigenvalue weighted by Gasteiger charge is -2.32. The van der Waals surface area contributed by atoms with E-state index in [0.717, 1.165) is 32.1 Å². The number of nitrogens with one attached hydrogen (secondary N) is 3. The van der Waals surface area contributed by atoms with E-state index in [2.05, 4.69) is 10.7 Å². The molecular formula is C18H24N4O5S. The summed E-state index contributed by atoms with van der Waals surface area (Å²) in [5.74, 6) is -2.51. The number of hydrazine groups is 1. The fourth-order valence-corrected chi connectivity index (χ4v) is 4.83. The van der Waals surface area contributed by atoms with Crippen molar-refractivity contribution in [3.63, 3.8) is 0 Å². The van der Waals surface area contributed by atoms with E-state index >= 15 is 0 Å². The smallest absolute Gasteiger partial charge is 0.327 e. The Morgan fingerprint density at radius 2 is 1.79 bits per heavy atom. The minimum atomic E-state index is -3.72. The summed E-state index contributed by atoms with van der Waals surface area (Å²) in [4.78, 5) is 35.5. The minimum Gasteiger partial charge on any atom is -0.345 e. The van der Waals surface area contributed by atoms with Gasteiger partial charge in [-0.3, -0.25) is 25.2 Å². The number of sulfonamides is 1. The van der Waals surface area contributed by atoms with Crippen molar-refractivity contribution in [3.8, 4) is 0 Å². The topological polar surface area (TPSA) is 125 Å². The zero-order chi connectivity index (χ0) is 20.3. The summed E-state index contributed by atoms with van der Waals surface area (Å²) in [6, 6.07) is 5.54. The summed E-state index contributed by atoms with van der Waals surface area (Å²) < 4.78 is 27.3. The first-order valence-electron chi connectivity index (χ1n) is 9.32. The van der Waals surface area contributed by atoms with Gasteiger partial charge in [-0.2, -0.15) is 4.31 Å². The molecule has 0 bridgehead atoms. The summed E-state index contributed by atoms with van der Waals surface area (Å²) in [6.45, 7) is 2.32. The third-order valence-electron chi connectivity index (χ3n) is 4.85. The van der Waals surface area contributed by atoms with E-state index < -0.39 is 27.7 Å². The third kappa shape index (κ3) is 4.68. The molecule has 9 nitrogen and oxygen atoms in total. The quantitative estimate of drug-likeness (QED) is 0.488. The predicted octanol–water partition coefficient (Wildman–Crippen LogP) is 0.289. The Bertz CT molecular complexity index is 882. The van der Waals surface area contributed by atoms with Crippen molar-refractivity contribution in [2.45, 2.75) is 56.0 Å². The van der Waals surface area contributed by atoms with Crippen molar-refractivity contribution in [2.24, 2.45) is 0 Å². The number of amides is 3. The fourth-order valence-electron chi connectivity index (χ4n) is 3.08. The van der Waals surface area contributed by atoms with Crippen molar-refractivity contribution in [1.29, 1.82) is 0 Å². The van der Waals surface area contributed by atoms with Gasteiger partial charge in [0.1, 0.15) is 0 Å². The van der Waals surface area contributed by atoms with E-state index in [0.29, 0.717) is 6.54 Å². The molecule has 0 spiro atoms.